The summed E-state index contributed by atoms with van der Waals surface area (Å²) in [5, 5.41) is 4.14. The molecule has 156 valence electrons. The van der Waals surface area contributed by atoms with E-state index in [1.807, 2.05) is 18.2 Å². The van der Waals surface area contributed by atoms with Gasteiger partial charge in [-0.1, -0.05) is 37.5 Å². The highest BCUT2D eigenvalue weighted by Gasteiger charge is 2.38. The molecule has 1 unspecified atom stereocenters. The van der Waals surface area contributed by atoms with Crippen molar-refractivity contribution in [2.24, 2.45) is 5.41 Å². The van der Waals surface area contributed by atoms with Crippen LogP contribution in [0.15, 0.2) is 36.9 Å². The molecule has 0 amide bonds. The number of benzene rings is 1. The van der Waals surface area contributed by atoms with Crippen LogP contribution >= 0.6 is 0 Å². The molecule has 0 saturated heterocycles. The van der Waals surface area contributed by atoms with E-state index >= 15 is 0 Å². The number of hydrogen-bond acceptors (Lipinski definition) is 6. The van der Waals surface area contributed by atoms with Crippen molar-refractivity contribution < 1.29 is 19.1 Å². The van der Waals surface area contributed by atoms with Crippen molar-refractivity contribution in [3.05, 3.63) is 42.5 Å². The Labute approximate surface area is 171 Å². The minimum atomic E-state index is -0.993. The molecule has 7 heteroatoms. The molecule has 1 heterocycles. The number of para-hydroxylation sites is 1. The van der Waals surface area contributed by atoms with E-state index in [9.17, 15) is 9.59 Å². The first-order chi connectivity index (χ1) is 13.9. The lowest BCUT2D eigenvalue weighted by Crippen LogP contribution is -2.39. The fourth-order valence-electron chi connectivity index (χ4n) is 3.71. The van der Waals surface area contributed by atoms with Gasteiger partial charge in [-0.05, 0) is 44.2 Å². The van der Waals surface area contributed by atoms with Crippen LogP contribution in [0.4, 0.5) is 0 Å². The van der Waals surface area contributed by atoms with Crippen molar-refractivity contribution in [3.8, 4) is 5.75 Å². The average molecular weight is 399 g/mol. The van der Waals surface area contributed by atoms with E-state index in [-0.39, 0.29) is 12.4 Å². The Bertz CT molecular complexity index is 826. The second-order valence-corrected chi connectivity index (χ2v) is 8.25. The van der Waals surface area contributed by atoms with Gasteiger partial charge in [-0.25, -0.2) is 9.67 Å². The first-order valence-corrected chi connectivity index (χ1v) is 10.2. The van der Waals surface area contributed by atoms with E-state index in [1.165, 1.54) is 43.5 Å². The summed E-state index contributed by atoms with van der Waals surface area (Å²) in [6, 6.07) is 7.90. The average Bonchev–Trinajstić information content (AvgIpc) is 3.25. The molecular weight excluding hydrogens is 370 g/mol. The maximum atomic E-state index is 13.4. The molecule has 1 fully saturated rings. The zero-order chi connectivity index (χ0) is 20.9. The second-order valence-electron chi connectivity index (χ2n) is 8.25. The quantitative estimate of drug-likeness (QED) is 0.623. The lowest BCUT2D eigenvalue weighted by Gasteiger charge is -2.30. The zero-order valence-electron chi connectivity index (χ0n) is 17.3. The van der Waals surface area contributed by atoms with Crippen LogP contribution in [0.3, 0.4) is 0 Å². The van der Waals surface area contributed by atoms with Crippen molar-refractivity contribution in [1.29, 1.82) is 0 Å². The molecule has 1 aliphatic rings. The van der Waals surface area contributed by atoms with Gasteiger partial charge in [0.25, 0.3) is 6.23 Å². The smallest absolute Gasteiger partial charge is 0.302 e. The third-order valence-corrected chi connectivity index (χ3v) is 5.41. The summed E-state index contributed by atoms with van der Waals surface area (Å²) in [5.41, 5.74) is 0.185. The zero-order valence-corrected chi connectivity index (χ0v) is 17.3. The highest BCUT2D eigenvalue weighted by Crippen LogP contribution is 2.39. The molecule has 1 atom stereocenters. The molecule has 0 bridgehead atoms. The van der Waals surface area contributed by atoms with Gasteiger partial charge >= 0.3 is 5.97 Å². The lowest BCUT2D eigenvalue weighted by atomic mass is 9.83. The van der Waals surface area contributed by atoms with E-state index in [0.29, 0.717) is 11.7 Å². The van der Waals surface area contributed by atoms with Crippen LogP contribution in [-0.2, 0) is 14.3 Å². The number of esters is 1. The van der Waals surface area contributed by atoms with E-state index < -0.39 is 17.6 Å². The van der Waals surface area contributed by atoms with Crippen LogP contribution in [0.25, 0.3) is 0 Å². The molecule has 1 aliphatic carbocycles. The third-order valence-electron chi connectivity index (χ3n) is 5.41. The van der Waals surface area contributed by atoms with Crippen LogP contribution in [-0.4, -0.2) is 33.1 Å². The van der Waals surface area contributed by atoms with Crippen molar-refractivity contribution in [3.63, 3.8) is 0 Å². The van der Waals surface area contributed by atoms with E-state index in [2.05, 4.69) is 16.1 Å². The van der Waals surface area contributed by atoms with Crippen molar-refractivity contribution in [2.75, 3.05) is 6.61 Å². The van der Waals surface area contributed by atoms with Crippen LogP contribution in [0.5, 0.6) is 5.75 Å². The third kappa shape index (κ3) is 5.22. The summed E-state index contributed by atoms with van der Waals surface area (Å²) >= 11 is 0. The van der Waals surface area contributed by atoms with Gasteiger partial charge in [0.2, 0.25) is 5.78 Å². The molecule has 3 rings (SSSR count). The number of aromatic nitrogens is 3. The molecule has 0 aliphatic heterocycles. The normalized spacial score (nSPS) is 16.2. The van der Waals surface area contributed by atoms with Crippen molar-refractivity contribution in [2.45, 2.75) is 65.0 Å². The molecule has 1 saturated carbocycles. The second kappa shape index (κ2) is 9.20. The lowest BCUT2D eigenvalue weighted by molar-refractivity contribution is -0.151. The Morgan fingerprint density at radius 1 is 1.21 bits per heavy atom. The minimum absolute atomic E-state index is 0.0278. The maximum Gasteiger partial charge on any atom is 0.302 e. The molecule has 2 aromatic rings. The number of carbonyl (C=O) groups excluding carboxylic acids is 2. The van der Waals surface area contributed by atoms with Crippen LogP contribution < -0.4 is 4.74 Å². The Hall–Kier alpha value is -2.70. The van der Waals surface area contributed by atoms with E-state index in [0.717, 1.165) is 18.4 Å². The Balaban J connectivity index is 1.88. The van der Waals surface area contributed by atoms with E-state index in [1.54, 1.807) is 13.8 Å². The highest BCUT2D eigenvalue weighted by atomic mass is 16.5. The molecule has 1 aromatic carbocycles. The van der Waals surface area contributed by atoms with Crippen LogP contribution in [0.2, 0.25) is 0 Å². The van der Waals surface area contributed by atoms with Gasteiger partial charge in [-0.3, -0.25) is 9.59 Å². The summed E-state index contributed by atoms with van der Waals surface area (Å²) in [6.07, 6.45) is 7.78. The number of ether oxygens (including phenoxy) is 2. The van der Waals surface area contributed by atoms with Gasteiger partial charge in [-0.2, -0.15) is 5.10 Å². The topological polar surface area (TPSA) is 83.3 Å². The summed E-state index contributed by atoms with van der Waals surface area (Å²) in [6.45, 7) is 4.77. The predicted octanol–water partition coefficient (Wildman–Crippen LogP) is 4.06. The maximum absolute atomic E-state index is 13.4. The monoisotopic (exact) mass is 399 g/mol. The van der Waals surface area contributed by atoms with Crippen molar-refractivity contribution in [1.82, 2.24) is 14.8 Å². The van der Waals surface area contributed by atoms with Crippen molar-refractivity contribution >= 4 is 11.8 Å². The summed E-state index contributed by atoms with van der Waals surface area (Å²) < 4.78 is 12.8. The van der Waals surface area contributed by atoms with Crippen LogP contribution in [0.1, 0.15) is 70.6 Å². The summed E-state index contributed by atoms with van der Waals surface area (Å²) in [7, 11) is 0. The Morgan fingerprint density at radius 3 is 2.59 bits per heavy atom. The Morgan fingerprint density at radius 2 is 1.93 bits per heavy atom. The van der Waals surface area contributed by atoms with Gasteiger partial charge in [0.1, 0.15) is 25.0 Å². The number of nitrogens with zero attached hydrogens (tertiary/aromatic N) is 3. The van der Waals surface area contributed by atoms with E-state index in [4.69, 9.17) is 9.47 Å². The fraction of sp³-hybridized carbons (Fsp3) is 0.545. The summed E-state index contributed by atoms with van der Waals surface area (Å²) in [4.78, 5) is 28.6. The van der Waals surface area contributed by atoms with Gasteiger partial charge in [-0.15, -0.1) is 0 Å². The first-order valence-electron chi connectivity index (χ1n) is 10.2. The molecule has 0 radical (unpaired) electrons. The minimum Gasteiger partial charge on any atom is -0.465 e. The fourth-order valence-corrected chi connectivity index (χ4v) is 3.71. The molecular formula is C22H29N3O4. The number of rotatable bonds is 8. The standard InChI is InChI=1S/C22H29N3O4/c1-16(26)28-13-22(2,3)20(27)21(25-15-23-14-24-25)29-19-12-8-7-11-18(19)17-9-5-4-6-10-17/h7-8,11-12,14-15,17,21H,4-6,9-10,13H2,1-3H3. The molecule has 0 spiro atoms. The number of carbonyl (C=O) groups is 2. The first kappa shape index (κ1) is 21.0. The number of hydrogen-bond donors (Lipinski definition) is 0. The number of ketones is 1. The molecule has 1 aromatic heterocycles. The summed E-state index contributed by atoms with van der Waals surface area (Å²) in [5.74, 6) is 0.464. The van der Waals surface area contributed by atoms with Gasteiger partial charge < -0.3 is 9.47 Å². The molecule has 29 heavy (non-hydrogen) atoms. The molecule has 0 N–H and O–H groups in total. The highest BCUT2D eigenvalue weighted by molar-refractivity contribution is 5.87. The van der Waals surface area contributed by atoms with Gasteiger partial charge in [0.05, 0.1) is 5.41 Å². The molecule has 7 nitrogen and oxygen atoms in total. The number of Topliss-reactive ketones (excluding diaryl/α,β-unsaturated/α-hetero) is 1. The SMILES string of the molecule is CC(=O)OCC(C)(C)C(=O)C(Oc1ccccc1C1CCCCC1)n1cncn1. The van der Waals surface area contributed by atoms with Gasteiger partial charge in [0, 0.05) is 6.92 Å². The predicted molar refractivity (Wildman–Crippen MR) is 107 cm³/mol. The Kier molecular flexibility index (Phi) is 6.67. The van der Waals surface area contributed by atoms with Crippen LogP contribution in [0, 0.1) is 5.41 Å². The van der Waals surface area contributed by atoms with Gasteiger partial charge in [0.15, 0.2) is 0 Å². The largest absolute Gasteiger partial charge is 0.465 e.